The number of carbonyl (C=O) groups excluding carboxylic acids is 4. The molecule has 2 aliphatic heterocycles. The number of para-hydroxylation sites is 1. The van der Waals surface area contributed by atoms with Crippen LogP contribution in [0.1, 0.15) is 35.4 Å². The summed E-state index contributed by atoms with van der Waals surface area (Å²) in [5, 5.41) is 11.3. The van der Waals surface area contributed by atoms with Gasteiger partial charge in [0.15, 0.2) is 33.0 Å². The standard InChI is InChI=1S/C35H23Cl2F5N2O5/c1-3-15-7-9-16(10-8-15)43-30(46)18-12-11-17-20(21(18)31(43)47)13-34(36)32(48)44(28-26(41)24(39)23(38)25(40)27(28)42)33(49)35(34,37)22(17)19-6-4-5-14(2)29(19)45/h3-11,18,20-22,45H,1,12-13H2,2H3/t18-,20+,21-,22+,34+,35-/m0/s1. The number of rotatable bonds is 4. The van der Waals surface area contributed by atoms with Crippen LogP contribution in [-0.4, -0.2) is 38.5 Å². The number of benzene rings is 3. The number of aromatic hydroxyl groups is 1. The number of fused-ring (bicyclic) bond motifs is 4. The summed E-state index contributed by atoms with van der Waals surface area (Å²) in [6.45, 7) is 5.21. The van der Waals surface area contributed by atoms with Crippen LogP contribution in [0.5, 0.6) is 5.75 Å². The van der Waals surface area contributed by atoms with Crippen molar-refractivity contribution in [3.05, 3.63) is 106 Å². The van der Waals surface area contributed by atoms with Crippen molar-refractivity contribution in [3.8, 4) is 5.75 Å². The number of nitrogens with zero attached hydrogens (tertiary/aromatic N) is 2. The van der Waals surface area contributed by atoms with E-state index in [0.717, 1.165) is 10.5 Å². The summed E-state index contributed by atoms with van der Waals surface area (Å²) in [6.07, 6.45) is 2.46. The number of phenols is 1. The highest BCUT2D eigenvalue weighted by molar-refractivity contribution is 6.58. The molecule has 252 valence electrons. The van der Waals surface area contributed by atoms with Crippen molar-refractivity contribution in [2.24, 2.45) is 17.8 Å². The van der Waals surface area contributed by atoms with Gasteiger partial charge in [-0.15, -0.1) is 23.2 Å². The first-order chi connectivity index (χ1) is 23.1. The molecular weight excluding hydrogens is 694 g/mol. The molecule has 0 aromatic heterocycles. The van der Waals surface area contributed by atoms with Crippen molar-refractivity contribution in [2.75, 3.05) is 9.80 Å². The highest BCUT2D eigenvalue weighted by atomic mass is 35.5. The smallest absolute Gasteiger partial charge is 0.258 e. The molecule has 2 heterocycles. The van der Waals surface area contributed by atoms with Crippen molar-refractivity contribution >= 4 is 64.3 Å². The van der Waals surface area contributed by atoms with Crippen LogP contribution in [0.25, 0.3) is 6.08 Å². The monoisotopic (exact) mass is 716 g/mol. The second-order valence-corrected chi connectivity index (χ2v) is 13.8. The number of amides is 4. The average molecular weight is 717 g/mol. The highest BCUT2D eigenvalue weighted by Crippen LogP contribution is 2.67. The van der Waals surface area contributed by atoms with Gasteiger partial charge in [-0.2, -0.15) is 0 Å². The zero-order valence-corrected chi connectivity index (χ0v) is 26.8. The number of hydrogen-bond acceptors (Lipinski definition) is 5. The second-order valence-electron chi connectivity index (χ2n) is 12.5. The number of allylic oxidation sites excluding steroid dienone is 2. The molecule has 3 fully saturated rings. The number of halogens is 7. The molecule has 4 amide bonds. The van der Waals surface area contributed by atoms with Crippen LogP contribution in [0, 0.1) is 53.8 Å². The van der Waals surface area contributed by atoms with Gasteiger partial charge < -0.3 is 5.11 Å². The first-order valence-electron chi connectivity index (χ1n) is 15.0. The summed E-state index contributed by atoms with van der Waals surface area (Å²) in [7, 11) is 0. The predicted molar refractivity (Wildman–Crippen MR) is 168 cm³/mol. The first-order valence-corrected chi connectivity index (χ1v) is 15.7. The van der Waals surface area contributed by atoms with Crippen LogP contribution in [0.2, 0.25) is 0 Å². The topological polar surface area (TPSA) is 95.0 Å². The third kappa shape index (κ3) is 4.13. The summed E-state index contributed by atoms with van der Waals surface area (Å²) < 4.78 is 73.2. The molecule has 0 spiro atoms. The third-order valence-electron chi connectivity index (χ3n) is 10.2. The second kappa shape index (κ2) is 11.0. The molecule has 2 aliphatic carbocycles. The Hall–Kier alpha value is -4.55. The van der Waals surface area contributed by atoms with E-state index < -0.39 is 98.2 Å². The molecule has 49 heavy (non-hydrogen) atoms. The molecule has 7 rings (SSSR count). The zero-order valence-electron chi connectivity index (χ0n) is 25.2. The predicted octanol–water partition coefficient (Wildman–Crippen LogP) is 6.81. The van der Waals surface area contributed by atoms with Crippen LogP contribution in [0.15, 0.2) is 60.7 Å². The summed E-state index contributed by atoms with van der Waals surface area (Å²) >= 11 is 14.2. The normalized spacial score (nSPS) is 29.2. The molecule has 3 aromatic rings. The number of hydrogen-bond donors (Lipinski definition) is 1. The van der Waals surface area contributed by atoms with Gasteiger partial charge in [-0.1, -0.05) is 54.6 Å². The Bertz CT molecular complexity index is 2060. The summed E-state index contributed by atoms with van der Waals surface area (Å²) in [4.78, 5) is 51.9. The fourth-order valence-corrected chi connectivity index (χ4v) is 8.77. The lowest BCUT2D eigenvalue weighted by atomic mass is 9.56. The molecule has 6 atom stereocenters. The number of anilines is 2. The minimum atomic E-state index is -2.72. The number of alkyl halides is 2. The minimum absolute atomic E-state index is 0.0306. The van der Waals surface area contributed by atoms with Crippen LogP contribution in [-0.2, 0) is 19.2 Å². The SMILES string of the molecule is C=Cc1ccc(N2C(=O)[C@H]3[C@H](CC=C4[C@H]3C[C@@]3(Cl)C(=O)N(c5c(F)c(F)c(F)c(F)c5F)C(=O)[C@@]3(Cl)[C@H]4c3cccc(C)c3O)C2=O)cc1. The summed E-state index contributed by atoms with van der Waals surface area (Å²) in [5.41, 5.74) is -0.407. The molecule has 0 bridgehead atoms. The Morgan fingerprint density at radius 2 is 1.45 bits per heavy atom. The van der Waals surface area contributed by atoms with Crippen molar-refractivity contribution < 1.29 is 46.2 Å². The maximum Gasteiger partial charge on any atom is 0.258 e. The summed E-state index contributed by atoms with van der Waals surface area (Å²) in [6, 6.07) is 10.8. The van der Waals surface area contributed by atoms with Crippen LogP contribution < -0.4 is 9.80 Å². The number of aryl methyl sites for hydroxylation is 1. The maximum absolute atomic E-state index is 15.2. The van der Waals surface area contributed by atoms with Gasteiger partial charge in [-0.25, -0.2) is 26.9 Å². The van der Waals surface area contributed by atoms with Crippen LogP contribution in [0.3, 0.4) is 0 Å². The molecule has 4 aliphatic rings. The molecule has 1 saturated carbocycles. The summed E-state index contributed by atoms with van der Waals surface area (Å²) in [5.74, 6) is -21.9. The van der Waals surface area contributed by atoms with E-state index in [1.54, 1.807) is 36.4 Å². The molecule has 0 unspecified atom stereocenters. The van der Waals surface area contributed by atoms with Crippen LogP contribution in [0.4, 0.5) is 33.3 Å². The van der Waals surface area contributed by atoms with Crippen molar-refractivity contribution in [1.82, 2.24) is 0 Å². The lowest BCUT2D eigenvalue weighted by Gasteiger charge is -2.50. The number of carbonyl (C=O) groups is 4. The lowest BCUT2D eigenvalue weighted by Crippen LogP contribution is -2.60. The molecule has 1 N–H and O–H groups in total. The number of phenolic OH excluding ortho intramolecular Hbond substituents is 1. The Balaban J connectivity index is 1.43. The Labute approximate surface area is 285 Å². The minimum Gasteiger partial charge on any atom is -0.507 e. The molecule has 3 aromatic carbocycles. The third-order valence-corrected chi connectivity index (χ3v) is 11.6. The van der Waals surface area contributed by atoms with Gasteiger partial charge in [0, 0.05) is 11.5 Å². The van der Waals surface area contributed by atoms with E-state index in [0.29, 0.717) is 5.56 Å². The molecule has 2 saturated heterocycles. The van der Waals surface area contributed by atoms with E-state index in [1.807, 2.05) is 0 Å². The fourth-order valence-electron chi connectivity index (χ4n) is 7.84. The van der Waals surface area contributed by atoms with Gasteiger partial charge in [0.25, 0.3) is 11.8 Å². The van der Waals surface area contributed by atoms with E-state index in [4.69, 9.17) is 23.2 Å². The maximum atomic E-state index is 15.2. The van der Waals surface area contributed by atoms with Crippen LogP contribution >= 0.6 is 23.2 Å². The quantitative estimate of drug-likeness (QED) is 0.0800. The Morgan fingerprint density at radius 3 is 2.06 bits per heavy atom. The largest absolute Gasteiger partial charge is 0.507 e. The van der Waals surface area contributed by atoms with E-state index >= 15 is 8.78 Å². The zero-order chi connectivity index (χ0) is 35.5. The average Bonchev–Trinajstić information content (AvgIpc) is 3.42. The van der Waals surface area contributed by atoms with Gasteiger partial charge in [-0.3, -0.25) is 24.1 Å². The van der Waals surface area contributed by atoms with Gasteiger partial charge in [0.2, 0.25) is 17.6 Å². The lowest BCUT2D eigenvalue weighted by molar-refractivity contribution is -0.125. The van der Waals surface area contributed by atoms with Crippen molar-refractivity contribution in [2.45, 2.75) is 35.4 Å². The van der Waals surface area contributed by atoms with Gasteiger partial charge in [0.05, 0.1) is 17.5 Å². The fraction of sp³-hybridized carbons (Fsp3) is 0.257. The van der Waals surface area contributed by atoms with E-state index in [9.17, 15) is 37.5 Å². The van der Waals surface area contributed by atoms with Crippen molar-refractivity contribution in [3.63, 3.8) is 0 Å². The van der Waals surface area contributed by atoms with Gasteiger partial charge in [-0.05, 0) is 48.9 Å². The van der Waals surface area contributed by atoms with Gasteiger partial charge >= 0.3 is 0 Å². The Morgan fingerprint density at radius 1 is 0.837 bits per heavy atom. The molecular formula is C35H23Cl2F5N2O5. The molecule has 0 radical (unpaired) electrons. The van der Waals surface area contributed by atoms with E-state index in [1.165, 1.54) is 25.1 Å². The van der Waals surface area contributed by atoms with E-state index in [-0.39, 0.29) is 33.9 Å². The molecule has 7 nitrogen and oxygen atoms in total. The van der Waals surface area contributed by atoms with Crippen molar-refractivity contribution in [1.29, 1.82) is 0 Å². The number of imide groups is 2. The highest BCUT2D eigenvalue weighted by Gasteiger charge is 2.77. The van der Waals surface area contributed by atoms with E-state index in [2.05, 4.69) is 6.58 Å². The van der Waals surface area contributed by atoms with Gasteiger partial charge in [0.1, 0.15) is 11.4 Å². The Kier molecular flexibility index (Phi) is 7.39. The molecule has 14 heteroatoms. The first kappa shape index (κ1) is 33.0.